The molecule has 2 aromatic heterocycles. The summed E-state index contributed by atoms with van der Waals surface area (Å²) in [5, 5.41) is 10.9. The van der Waals surface area contributed by atoms with Gasteiger partial charge in [0.1, 0.15) is 0 Å². The maximum absolute atomic E-state index is 12.1. The van der Waals surface area contributed by atoms with E-state index in [0.717, 1.165) is 11.1 Å². The largest absolute Gasteiger partial charge is 0.493 e. The van der Waals surface area contributed by atoms with Crippen LogP contribution in [-0.4, -0.2) is 41.9 Å². The molecule has 0 bridgehead atoms. The number of aryl methyl sites for hydroxylation is 1. The number of benzene rings is 1. The van der Waals surface area contributed by atoms with E-state index in [-0.39, 0.29) is 12.3 Å². The normalized spacial score (nSPS) is 10.5. The topological polar surface area (TPSA) is 99.4 Å². The van der Waals surface area contributed by atoms with Crippen LogP contribution in [-0.2, 0) is 17.6 Å². The molecule has 1 N–H and O–H groups in total. The van der Waals surface area contributed by atoms with Gasteiger partial charge in [0.2, 0.25) is 17.7 Å². The fraction of sp³-hybridized carbons (Fsp3) is 0.300. The minimum absolute atomic E-state index is 0.0680. The molecule has 0 spiro atoms. The monoisotopic (exact) mass is 382 g/mol. The molecule has 0 fully saturated rings. The van der Waals surface area contributed by atoms with Gasteiger partial charge in [0.25, 0.3) is 0 Å². The van der Waals surface area contributed by atoms with Crippen molar-refractivity contribution in [3.63, 3.8) is 0 Å². The molecule has 0 aliphatic carbocycles. The van der Waals surface area contributed by atoms with Crippen LogP contribution in [0.5, 0.6) is 11.5 Å². The Morgan fingerprint density at radius 1 is 1.11 bits per heavy atom. The maximum atomic E-state index is 12.1. The van der Waals surface area contributed by atoms with Gasteiger partial charge in [0.15, 0.2) is 11.5 Å². The molecule has 0 radical (unpaired) electrons. The molecule has 0 aliphatic rings. The first-order valence-corrected chi connectivity index (χ1v) is 8.90. The Morgan fingerprint density at radius 3 is 2.71 bits per heavy atom. The first kappa shape index (κ1) is 19.3. The quantitative estimate of drug-likeness (QED) is 0.607. The van der Waals surface area contributed by atoms with E-state index in [1.807, 2.05) is 24.3 Å². The Kier molecular flexibility index (Phi) is 6.56. The molecule has 0 saturated carbocycles. The van der Waals surface area contributed by atoms with Crippen molar-refractivity contribution in [1.29, 1.82) is 0 Å². The van der Waals surface area contributed by atoms with E-state index in [2.05, 4.69) is 20.5 Å². The first-order valence-electron chi connectivity index (χ1n) is 8.90. The first-order chi connectivity index (χ1) is 13.7. The van der Waals surface area contributed by atoms with E-state index in [1.54, 1.807) is 32.7 Å². The molecule has 8 heteroatoms. The summed E-state index contributed by atoms with van der Waals surface area (Å²) in [7, 11) is 3.20. The average Bonchev–Trinajstić information content (AvgIpc) is 3.22. The van der Waals surface area contributed by atoms with Crippen LogP contribution < -0.4 is 14.8 Å². The number of carbonyl (C=O) groups excluding carboxylic acids is 1. The van der Waals surface area contributed by atoms with Crippen molar-refractivity contribution in [1.82, 2.24) is 20.5 Å². The van der Waals surface area contributed by atoms with Gasteiger partial charge in [-0.05, 0) is 36.2 Å². The van der Waals surface area contributed by atoms with Crippen molar-refractivity contribution in [2.75, 3.05) is 20.8 Å². The van der Waals surface area contributed by atoms with Crippen molar-refractivity contribution in [3.8, 4) is 23.0 Å². The van der Waals surface area contributed by atoms with Gasteiger partial charge in [-0.2, -0.15) is 0 Å². The highest BCUT2D eigenvalue weighted by Gasteiger charge is 2.11. The minimum atomic E-state index is -0.0680. The number of hydrogen-bond acceptors (Lipinski definition) is 7. The smallest absolute Gasteiger partial charge is 0.249 e. The summed E-state index contributed by atoms with van der Waals surface area (Å²) in [6.45, 7) is 0.527. The van der Waals surface area contributed by atoms with Gasteiger partial charge in [-0.1, -0.05) is 6.07 Å². The lowest BCUT2D eigenvalue weighted by atomic mass is 10.1. The highest BCUT2D eigenvalue weighted by Crippen LogP contribution is 2.27. The summed E-state index contributed by atoms with van der Waals surface area (Å²) in [5.74, 6) is 2.11. The van der Waals surface area contributed by atoms with Crippen molar-refractivity contribution in [2.45, 2.75) is 19.3 Å². The molecular weight excluding hydrogens is 360 g/mol. The van der Waals surface area contributed by atoms with Crippen molar-refractivity contribution in [2.24, 2.45) is 0 Å². The third kappa shape index (κ3) is 5.06. The zero-order chi connectivity index (χ0) is 19.8. The molecule has 0 atom stereocenters. The van der Waals surface area contributed by atoms with E-state index in [4.69, 9.17) is 13.9 Å². The Morgan fingerprint density at radius 2 is 1.96 bits per heavy atom. The summed E-state index contributed by atoms with van der Waals surface area (Å²) in [4.78, 5) is 16.1. The van der Waals surface area contributed by atoms with E-state index in [1.165, 1.54) is 0 Å². The summed E-state index contributed by atoms with van der Waals surface area (Å²) in [5.41, 5.74) is 1.80. The number of nitrogens with zero attached hydrogens (tertiary/aromatic N) is 3. The lowest BCUT2D eigenvalue weighted by molar-refractivity contribution is -0.121. The zero-order valence-corrected chi connectivity index (χ0v) is 15.8. The highest BCUT2D eigenvalue weighted by molar-refractivity contribution is 5.76. The molecule has 3 aromatic rings. The number of rotatable bonds is 9. The summed E-state index contributed by atoms with van der Waals surface area (Å²) >= 11 is 0. The Labute approximate surface area is 162 Å². The molecule has 28 heavy (non-hydrogen) atoms. The summed E-state index contributed by atoms with van der Waals surface area (Å²) < 4.78 is 16.1. The number of pyridine rings is 1. The van der Waals surface area contributed by atoms with Crippen molar-refractivity contribution < 1.29 is 18.7 Å². The molecule has 0 unspecified atom stereocenters. The second-order valence-corrected chi connectivity index (χ2v) is 6.03. The van der Waals surface area contributed by atoms with Gasteiger partial charge in [-0.3, -0.25) is 9.78 Å². The molecule has 0 saturated heterocycles. The number of aromatic nitrogens is 3. The minimum Gasteiger partial charge on any atom is -0.493 e. The van der Waals surface area contributed by atoms with Crippen LogP contribution in [0.3, 0.4) is 0 Å². The van der Waals surface area contributed by atoms with Crippen LogP contribution in [0, 0.1) is 0 Å². The number of amides is 1. The molecule has 2 heterocycles. The third-order valence-corrected chi connectivity index (χ3v) is 4.13. The molecule has 1 amide bonds. The Bertz CT molecular complexity index is 912. The lowest BCUT2D eigenvalue weighted by Crippen LogP contribution is -2.25. The average molecular weight is 382 g/mol. The molecular formula is C20H22N4O4. The van der Waals surface area contributed by atoms with Crippen LogP contribution in [0.4, 0.5) is 0 Å². The second kappa shape index (κ2) is 9.50. The SMILES string of the molecule is COc1ccc(CCNC(=O)CCc2nnc(-c3cccnc3)o2)cc1OC. The fourth-order valence-corrected chi connectivity index (χ4v) is 2.65. The standard InChI is InChI=1S/C20H22N4O4/c1-26-16-6-5-14(12-17(16)27-2)9-11-22-18(25)7-8-19-23-24-20(28-19)15-4-3-10-21-13-15/h3-6,10,12-13H,7-9,11H2,1-2H3,(H,22,25). The Hall–Kier alpha value is -3.42. The number of carbonyl (C=O) groups is 1. The third-order valence-electron chi connectivity index (χ3n) is 4.13. The van der Waals surface area contributed by atoms with E-state index in [9.17, 15) is 4.79 Å². The second-order valence-electron chi connectivity index (χ2n) is 6.03. The highest BCUT2D eigenvalue weighted by atomic mass is 16.5. The zero-order valence-electron chi connectivity index (χ0n) is 15.8. The summed E-state index contributed by atoms with van der Waals surface area (Å²) in [6, 6.07) is 9.34. The van der Waals surface area contributed by atoms with Crippen LogP contribution >= 0.6 is 0 Å². The van der Waals surface area contributed by atoms with Gasteiger partial charge in [-0.15, -0.1) is 10.2 Å². The summed E-state index contributed by atoms with van der Waals surface area (Å²) in [6.07, 6.45) is 4.68. The van der Waals surface area contributed by atoms with E-state index >= 15 is 0 Å². The van der Waals surface area contributed by atoms with Crippen LogP contribution in [0.1, 0.15) is 17.9 Å². The van der Waals surface area contributed by atoms with Crippen molar-refractivity contribution >= 4 is 5.91 Å². The fourth-order valence-electron chi connectivity index (χ4n) is 2.65. The Balaban J connectivity index is 1.43. The number of nitrogens with one attached hydrogen (secondary N) is 1. The van der Waals surface area contributed by atoms with Crippen LogP contribution in [0.15, 0.2) is 47.1 Å². The molecule has 1 aromatic carbocycles. The van der Waals surface area contributed by atoms with Gasteiger partial charge in [0, 0.05) is 31.8 Å². The van der Waals surface area contributed by atoms with E-state index < -0.39 is 0 Å². The van der Waals surface area contributed by atoms with Crippen LogP contribution in [0.25, 0.3) is 11.5 Å². The van der Waals surface area contributed by atoms with Gasteiger partial charge in [-0.25, -0.2) is 0 Å². The number of hydrogen-bond donors (Lipinski definition) is 1. The van der Waals surface area contributed by atoms with Crippen LogP contribution in [0.2, 0.25) is 0 Å². The van der Waals surface area contributed by atoms with Gasteiger partial charge < -0.3 is 19.2 Å². The maximum Gasteiger partial charge on any atom is 0.249 e. The molecule has 146 valence electrons. The number of ether oxygens (including phenoxy) is 2. The lowest BCUT2D eigenvalue weighted by Gasteiger charge is -2.10. The number of methoxy groups -OCH3 is 2. The van der Waals surface area contributed by atoms with Crippen molar-refractivity contribution in [3.05, 3.63) is 54.2 Å². The molecule has 8 nitrogen and oxygen atoms in total. The predicted molar refractivity (Wildman–Crippen MR) is 102 cm³/mol. The van der Waals surface area contributed by atoms with E-state index in [0.29, 0.717) is 42.7 Å². The molecule has 3 rings (SSSR count). The molecule has 0 aliphatic heterocycles. The van der Waals surface area contributed by atoms with Gasteiger partial charge >= 0.3 is 0 Å². The predicted octanol–water partition coefficient (Wildman–Crippen LogP) is 2.44. The van der Waals surface area contributed by atoms with Gasteiger partial charge in [0.05, 0.1) is 19.8 Å².